The van der Waals surface area contributed by atoms with Crippen LogP contribution >= 0.6 is 27.5 Å². The van der Waals surface area contributed by atoms with Gasteiger partial charge in [0.25, 0.3) is 0 Å². The third kappa shape index (κ3) is 3.46. The molecule has 1 unspecified atom stereocenters. The molecule has 2 N–H and O–H groups in total. The molecule has 0 saturated carbocycles. The van der Waals surface area contributed by atoms with Gasteiger partial charge in [0, 0.05) is 16.3 Å². The number of imidazole rings is 1. The molecule has 6 nitrogen and oxygen atoms in total. The number of hydrogen-bond donors (Lipinski definition) is 2. The third-order valence-corrected chi connectivity index (χ3v) is 5.86. The second-order valence-electron chi connectivity index (χ2n) is 5.59. The maximum absolute atomic E-state index is 15.0. The smallest absolute Gasteiger partial charge is 0.174 e. The summed E-state index contributed by atoms with van der Waals surface area (Å²) in [7, 11) is -3.82. The van der Waals surface area contributed by atoms with Crippen molar-refractivity contribution in [2.24, 2.45) is 0 Å². The molecule has 2 aromatic carbocycles. The lowest BCUT2D eigenvalue weighted by Crippen LogP contribution is -2.15. The van der Waals surface area contributed by atoms with Gasteiger partial charge in [-0.2, -0.15) is 0 Å². The zero-order chi connectivity index (χ0) is 19.1. The average Bonchev–Trinajstić information content (AvgIpc) is 3.01. The lowest BCUT2D eigenvalue weighted by atomic mass is 10.1. The van der Waals surface area contributed by atoms with E-state index in [1.54, 1.807) is 18.2 Å². The van der Waals surface area contributed by atoms with Crippen LogP contribution in [0.25, 0.3) is 11.0 Å². The van der Waals surface area contributed by atoms with E-state index < -0.39 is 20.9 Å². The van der Waals surface area contributed by atoms with Crippen LogP contribution in [-0.2, 0) is 14.6 Å². The van der Waals surface area contributed by atoms with Crippen LogP contribution in [0.5, 0.6) is 0 Å². The van der Waals surface area contributed by atoms with E-state index in [9.17, 15) is 13.2 Å². The second kappa shape index (κ2) is 6.98. The van der Waals surface area contributed by atoms with E-state index in [4.69, 9.17) is 11.6 Å². The van der Waals surface area contributed by atoms with Gasteiger partial charge in [0.1, 0.15) is 17.1 Å². The maximum Gasteiger partial charge on any atom is 0.174 e. The van der Waals surface area contributed by atoms with Crippen molar-refractivity contribution in [1.29, 1.82) is 0 Å². The normalized spacial score (nSPS) is 12.9. The van der Waals surface area contributed by atoms with Gasteiger partial charge >= 0.3 is 0 Å². The Morgan fingerprint density at radius 3 is 2.73 bits per heavy atom. The van der Waals surface area contributed by atoms with Crippen molar-refractivity contribution in [3.63, 3.8) is 0 Å². The van der Waals surface area contributed by atoms with Gasteiger partial charge in [-0.15, -0.1) is 0 Å². The summed E-state index contributed by atoms with van der Waals surface area (Å²) < 4.78 is 39.8. The molecule has 0 spiro atoms. The SMILES string of the molecule is CS(=O)(=O)C(C=O)c1cc2[nH]cnc2c(F)c1Nc1ccc(Br)cc1Cl. The zero-order valence-electron chi connectivity index (χ0n) is 13.3. The summed E-state index contributed by atoms with van der Waals surface area (Å²) in [5.74, 6) is -0.784. The number of aldehydes is 1. The van der Waals surface area contributed by atoms with E-state index >= 15 is 4.39 Å². The van der Waals surface area contributed by atoms with Crippen LogP contribution in [-0.4, -0.2) is 30.9 Å². The van der Waals surface area contributed by atoms with Gasteiger partial charge in [0.2, 0.25) is 0 Å². The van der Waals surface area contributed by atoms with Gasteiger partial charge in [-0.05, 0) is 24.3 Å². The highest BCUT2D eigenvalue weighted by Gasteiger charge is 2.29. The predicted octanol–water partition coefficient (Wildman–Crippen LogP) is 4.15. The molecule has 0 fully saturated rings. The van der Waals surface area contributed by atoms with Crippen molar-refractivity contribution in [3.8, 4) is 0 Å². The molecule has 0 amide bonds. The first-order valence-corrected chi connectivity index (χ1v) is 10.4. The van der Waals surface area contributed by atoms with Crippen LogP contribution in [0.15, 0.2) is 35.1 Å². The number of carbonyl (C=O) groups is 1. The standard InChI is InChI=1S/C16H12BrClFN3O3S/c1-26(24,25)13(6-23)9-5-12-16(21-7-20-12)14(19)15(9)22-11-3-2-8(17)4-10(11)18/h2-7,13,22H,1H3,(H,20,21). The molecular formula is C16H12BrClFN3O3S. The number of H-pyrrole nitrogens is 1. The minimum Gasteiger partial charge on any atom is -0.352 e. The molecule has 3 aromatic rings. The van der Waals surface area contributed by atoms with E-state index in [0.717, 1.165) is 10.7 Å². The van der Waals surface area contributed by atoms with Crippen molar-refractivity contribution < 1.29 is 17.6 Å². The van der Waals surface area contributed by atoms with Crippen molar-refractivity contribution in [3.05, 3.63) is 51.5 Å². The minimum atomic E-state index is -3.82. The Balaban J connectivity index is 2.26. The molecule has 1 aromatic heterocycles. The molecule has 0 aliphatic rings. The topological polar surface area (TPSA) is 91.9 Å². The molecule has 26 heavy (non-hydrogen) atoms. The highest BCUT2D eigenvalue weighted by Crippen LogP contribution is 2.37. The van der Waals surface area contributed by atoms with E-state index in [1.807, 2.05) is 0 Å². The molecule has 136 valence electrons. The Bertz CT molecular complexity index is 1120. The maximum atomic E-state index is 15.0. The highest BCUT2D eigenvalue weighted by atomic mass is 79.9. The number of halogens is 3. The Labute approximate surface area is 161 Å². The van der Waals surface area contributed by atoms with Crippen LogP contribution in [0.2, 0.25) is 5.02 Å². The van der Waals surface area contributed by atoms with Crippen LogP contribution < -0.4 is 5.32 Å². The van der Waals surface area contributed by atoms with Crippen LogP contribution in [0.3, 0.4) is 0 Å². The van der Waals surface area contributed by atoms with Gasteiger partial charge in [-0.25, -0.2) is 17.8 Å². The van der Waals surface area contributed by atoms with E-state index in [0.29, 0.717) is 5.69 Å². The largest absolute Gasteiger partial charge is 0.352 e. The Morgan fingerprint density at radius 2 is 2.12 bits per heavy atom. The van der Waals surface area contributed by atoms with Crippen LogP contribution in [0.4, 0.5) is 15.8 Å². The number of hydrogen-bond acceptors (Lipinski definition) is 5. The minimum absolute atomic E-state index is 0.0163. The average molecular weight is 461 g/mol. The van der Waals surface area contributed by atoms with Gasteiger partial charge in [0.05, 0.1) is 28.2 Å². The first-order valence-electron chi connectivity index (χ1n) is 7.24. The fraction of sp³-hybridized carbons (Fsp3) is 0.125. The van der Waals surface area contributed by atoms with Crippen LogP contribution in [0, 0.1) is 5.82 Å². The number of anilines is 2. The lowest BCUT2D eigenvalue weighted by Gasteiger charge is -2.18. The van der Waals surface area contributed by atoms with Crippen molar-refractivity contribution in [2.75, 3.05) is 11.6 Å². The summed E-state index contributed by atoms with van der Waals surface area (Å²) >= 11 is 9.43. The summed E-state index contributed by atoms with van der Waals surface area (Å²) in [4.78, 5) is 18.1. The molecular weight excluding hydrogens is 449 g/mol. The summed E-state index contributed by atoms with van der Waals surface area (Å²) in [5, 5.41) is 1.55. The van der Waals surface area contributed by atoms with Gasteiger partial charge in [0.15, 0.2) is 15.7 Å². The molecule has 0 aliphatic carbocycles. The predicted molar refractivity (Wildman–Crippen MR) is 102 cm³/mol. The van der Waals surface area contributed by atoms with E-state index in [-0.39, 0.29) is 33.6 Å². The first kappa shape index (κ1) is 18.8. The number of fused-ring (bicyclic) bond motifs is 1. The lowest BCUT2D eigenvalue weighted by molar-refractivity contribution is -0.107. The molecule has 0 aliphatic heterocycles. The molecule has 1 atom stereocenters. The summed E-state index contributed by atoms with van der Waals surface area (Å²) in [6.45, 7) is 0. The number of aromatic nitrogens is 2. The quantitative estimate of drug-likeness (QED) is 0.558. The number of rotatable bonds is 5. The Kier molecular flexibility index (Phi) is 5.05. The summed E-state index contributed by atoms with van der Waals surface area (Å²) in [5.41, 5.74) is 0.443. The Morgan fingerprint density at radius 1 is 1.38 bits per heavy atom. The van der Waals surface area contributed by atoms with Gasteiger partial charge in [-0.3, -0.25) is 0 Å². The number of carbonyl (C=O) groups excluding carboxylic acids is 1. The number of benzene rings is 2. The zero-order valence-corrected chi connectivity index (χ0v) is 16.4. The molecule has 0 radical (unpaired) electrons. The Hall–Kier alpha value is -1.97. The molecule has 0 bridgehead atoms. The number of aromatic amines is 1. The summed E-state index contributed by atoms with van der Waals surface area (Å²) in [6.07, 6.45) is 2.46. The number of sulfone groups is 1. The number of nitrogens with zero attached hydrogens (tertiary/aromatic N) is 1. The van der Waals surface area contributed by atoms with E-state index in [2.05, 4.69) is 31.2 Å². The van der Waals surface area contributed by atoms with Crippen molar-refractivity contribution >= 4 is 66.1 Å². The molecule has 10 heteroatoms. The van der Waals surface area contributed by atoms with Gasteiger partial charge in [-0.1, -0.05) is 27.5 Å². The molecule has 1 heterocycles. The third-order valence-electron chi connectivity index (χ3n) is 3.77. The van der Waals surface area contributed by atoms with Gasteiger partial charge < -0.3 is 15.1 Å². The highest BCUT2D eigenvalue weighted by molar-refractivity contribution is 9.10. The summed E-state index contributed by atoms with van der Waals surface area (Å²) in [6, 6.07) is 6.27. The monoisotopic (exact) mass is 459 g/mol. The van der Waals surface area contributed by atoms with E-state index in [1.165, 1.54) is 12.4 Å². The second-order valence-corrected chi connectivity index (χ2v) is 9.08. The number of nitrogens with one attached hydrogen (secondary N) is 2. The molecule has 3 rings (SSSR count). The van der Waals surface area contributed by atoms with Crippen molar-refractivity contribution in [2.45, 2.75) is 5.25 Å². The molecule has 0 saturated heterocycles. The van der Waals surface area contributed by atoms with Crippen molar-refractivity contribution in [1.82, 2.24) is 9.97 Å². The first-order chi connectivity index (χ1) is 12.2. The van der Waals surface area contributed by atoms with Crippen LogP contribution in [0.1, 0.15) is 10.8 Å². The fourth-order valence-electron chi connectivity index (χ4n) is 2.54. The fourth-order valence-corrected chi connectivity index (χ4v) is 4.11.